The molecule has 27 heavy (non-hydrogen) atoms. The fraction of sp³-hybridized carbons (Fsp3) is 0.650. The van der Waals surface area contributed by atoms with Crippen LogP contribution in [-0.2, 0) is 20.0 Å². The van der Waals surface area contributed by atoms with Crippen LogP contribution in [0.15, 0.2) is 29.2 Å². The first-order valence-electron chi connectivity index (χ1n) is 9.67. The molecule has 1 saturated heterocycles. The van der Waals surface area contributed by atoms with Crippen molar-refractivity contribution in [3.05, 3.63) is 29.8 Å². The average Bonchev–Trinajstić information content (AvgIpc) is 2.67. The monoisotopic (exact) mass is 395 g/mol. The van der Waals surface area contributed by atoms with Gasteiger partial charge in [0.15, 0.2) is 9.84 Å². The van der Waals surface area contributed by atoms with E-state index in [9.17, 15) is 23.4 Å². The summed E-state index contributed by atoms with van der Waals surface area (Å²) in [6, 6.07) is 6.72. The Morgan fingerprint density at radius 3 is 2.33 bits per heavy atom. The predicted octanol–water partition coefficient (Wildman–Crippen LogP) is 1.49. The van der Waals surface area contributed by atoms with Gasteiger partial charge in [-0.3, -0.25) is 4.79 Å². The number of likely N-dealkylation sites (tertiary alicyclic amines) is 1. The molecule has 2 N–H and O–H groups in total. The second-order valence-corrected chi connectivity index (χ2v) is 10.0. The third-order valence-corrected chi connectivity index (χ3v) is 7.32. The van der Waals surface area contributed by atoms with E-state index in [0.717, 1.165) is 37.7 Å². The molecule has 7 heteroatoms. The Bertz CT molecular complexity index is 768. The van der Waals surface area contributed by atoms with E-state index in [-0.39, 0.29) is 29.9 Å². The maximum atomic E-state index is 13.5. The van der Waals surface area contributed by atoms with Crippen LogP contribution in [0, 0.1) is 5.92 Å². The van der Waals surface area contributed by atoms with Crippen LogP contribution in [0.25, 0.3) is 0 Å². The van der Waals surface area contributed by atoms with Crippen LogP contribution < -0.4 is 0 Å². The lowest BCUT2D eigenvalue weighted by molar-refractivity contribution is -0.144. The number of nitrogens with zero attached hydrogens (tertiary/aromatic N) is 1. The number of rotatable bonds is 4. The van der Waals surface area contributed by atoms with Gasteiger partial charge in [0.25, 0.3) is 0 Å². The van der Waals surface area contributed by atoms with Gasteiger partial charge >= 0.3 is 0 Å². The van der Waals surface area contributed by atoms with Gasteiger partial charge in [-0.25, -0.2) is 8.42 Å². The summed E-state index contributed by atoms with van der Waals surface area (Å²) >= 11 is 0. The molecule has 6 nitrogen and oxygen atoms in total. The predicted molar refractivity (Wildman–Crippen MR) is 102 cm³/mol. The number of β-amino-alcohol motifs (C(OH)–C–C–N with tert-alkyl or cyclic N) is 1. The number of hydrogen-bond donors (Lipinski definition) is 2. The molecule has 1 amide bonds. The van der Waals surface area contributed by atoms with E-state index in [0.29, 0.717) is 13.0 Å². The maximum absolute atomic E-state index is 13.5. The van der Waals surface area contributed by atoms with Crippen LogP contribution in [0.1, 0.15) is 44.1 Å². The Kier molecular flexibility index (Phi) is 5.93. The standard InChI is InChI=1S/C20H29NO5S/c1-27(25,26)17-7-5-16(6-8-17)20(10-3-2-4-11-20)19(24)21-12-9-15(14-22)18(23)13-21/h5-8,15,18,22-23H,2-4,9-14H2,1H3/t15-,18-/m1/s1. The molecule has 150 valence electrons. The molecular formula is C20H29NO5S. The van der Waals surface area contributed by atoms with E-state index in [1.807, 2.05) is 0 Å². The molecule has 0 spiro atoms. The third-order valence-electron chi connectivity index (χ3n) is 6.19. The van der Waals surface area contributed by atoms with Crippen LogP contribution in [0.4, 0.5) is 0 Å². The van der Waals surface area contributed by atoms with Crippen molar-refractivity contribution in [2.75, 3.05) is 26.0 Å². The van der Waals surface area contributed by atoms with Crippen molar-refractivity contribution in [2.24, 2.45) is 5.92 Å². The number of aliphatic hydroxyl groups excluding tert-OH is 2. The summed E-state index contributed by atoms with van der Waals surface area (Å²) in [6.07, 6.45) is 5.53. The number of sulfone groups is 1. The molecule has 0 bridgehead atoms. The maximum Gasteiger partial charge on any atom is 0.233 e. The lowest BCUT2D eigenvalue weighted by Crippen LogP contribution is -2.54. The van der Waals surface area contributed by atoms with Crippen LogP contribution in [0.2, 0.25) is 0 Å². The minimum Gasteiger partial charge on any atom is -0.396 e. The highest BCUT2D eigenvalue weighted by atomic mass is 32.2. The average molecular weight is 396 g/mol. The molecule has 1 saturated carbocycles. The van der Waals surface area contributed by atoms with Crippen molar-refractivity contribution in [3.8, 4) is 0 Å². The molecular weight excluding hydrogens is 366 g/mol. The van der Waals surface area contributed by atoms with Gasteiger partial charge in [-0.1, -0.05) is 31.4 Å². The number of amides is 1. The smallest absolute Gasteiger partial charge is 0.233 e. The lowest BCUT2D eigenvalue weighted by Gasteiger charge is -2.43. The first-order chi connectivity index (χ1) is 12.8. The molecule has 0 aromatic heterocycles. The largest absolute Gasteiger partial charge is 0.396 e. The summed E-state index contributed by atoms with van der Waals surface area (Å²) in [4.78, 5) is 15.5. The molecule has 1 aromatic rings. The first-order valence-corrected chi connectivity index (χ1v) is 11.6. The van der Waals surface area contributed by atoms with Crippen molar-refractivity contribution >= 4 is 15.7 Å². The van der Waals surface area contributed by atoms with Gasteiger partial charge in [0.1, 0.15) is 0 Å². The zero-order valence-electron chi connectivity index (χ0n) is 15.8. The summed E-state index contributed by atoms with van der Waals surface area (Å²) in [5.74, 6) is -0.157. The molecule has 0 radical (unpaired) electrons. The Labute approximate surface area is 161 Å². The van der Waals surface area contributed by atoms with E-state index in [4.69, 9.17) is 0 Å². The van der Waals surface area contributed by atoms with Crippen LogP contribution >= 0.6 is 0 Å². The van der Waals surface area contributed by atoms with Crippen molar-refractivity contribution in [3.63, 3.8) is 0 Å². The summed E-state index contributed by atoms with van der Waals surface area (Å²) in [5, 5.41) is 19.6. The van der Waals surface area contributed by atoms with Crippen LogP contribution in [0.3, 0.4) is 0 Å². The van der Waals surface area contributed by atoms with Crippen molar-refractivity contribution in [2.45, 2.75) is 54.9 Å². The second-order valence-electron chi connectivity index (χ2n) is 7.99. The van der Waals surface area contributed by atoms with E-state index in [1.54, 1.807) is 29.2 Å². The second kappa shape index (κ2) is 7.89. The Morgan fingerprint density at radius 1 is 1.19 bits per heavy atom. The van der Waals surface area contributed by atoms with Crippen LogP contribution in [0.5, 0.6) is 0 Å². The third kappa shape index (κ3) is 4.05. The molecule has 3 rings (SSSR count). The van der Waals surface area contributed by atoms with E-state index >= 15 is 0 Å². The van der Waals surface area contributed by atoms with E-state index in [1.165, 1.54) is 6.26 Å². The van der Waals surface area contributed by atoms with Crippen LogP contribution in [-0.4, -0.2) is 61.5 Å². The highest BCUT2D eigenvalue weighted by Crippen LogP contribution is 2.42. The first kappa shape index (κ1) is 20.3. The molecule has 2 aliphatic rings. The molecule has 1 heterocycles. The van der Waals surface area contributed by atoms with Crippen molar-refractivity contribution < 1.29 is 23.4 Å². The minimum absolute atomic E-state index is 0.0183. The molecule has 2 fully saturated rings. The van der Waals surface area contributed by atoms with Gasteiger partial charge in [0.2, 0.25) is 5.91 Å². The Morgan fingerprint density at radius 2 is 1.81 bits per heavy atom. The van der Waals surface area contributed by atoms with Gasteiger partial charge in [-0.15, -0.1) is 0 Å². The van der Waals surface area contributed by atoms with Gasteiger partial charge in [-0.2, -0.15) is 0 Å². The van der Waals surface area contributed by atoms with E-state index < -0.39 is 21.4 Å². The SMILES string of the molecule is CS(=O)(=O)c1ccc(C2(C(=O)N3CC[C@H](CO)[C@H](O)C3)CCCCC2)cc1. The number of benzene rings is 1. The highest BCUT2D eigenvalue weighted by molar-refractivity contribution is 7.90. The molecule has 0 unspecified atom stereocenters. The van der Waals surface area contributed by atoms with Gasteiger partial charge in [-0.05, 0) is 37.0 Å². The highest BCUT2D eigenvalue weighted by Gasteiger charge is 2.45. The number of carbonyl (C=O) groups is 1. The number of carbonyl (C=O) groups excluding carboxylic acids is 1. The zero-order valence-corrected chi connectivity index (χ0v) is 16.6. The zero-order chi connectivity index (χ0) is 19.7. The molecule has 1 aromatic carbocycles. The summed E-state index contributed by atoms with van der Waals surface area (Å²) in [5.41, 5.74) is 0.207. The lowest BCUT2D eigenvalue weighted by atomic mass is 9.68. The summed E-state index contributed by atoms with van der Waals surface area (Å²) in [6.45, 7) is 0.707. The quantitative estimate of drug-likeness (QED) is 0.806. The van der Waals surface area contributed by atoms with Crippen molar-refractivity contribution in [1.82, 2.24) is 4.90 Å². The van der Waals surface area contributed by atoms with Gasteiger partial charge < -0.3 is 15.1 Å². The molecule has 2 atom stereocenters. The molecule has 1 aliphatic carbocycles. The topological polar surface area (TPSA) is 94.9 Å². The Hall–Kier alpha value is -1.44. The summed E-state index contributed by atoms with van der Waals surface area (Å²) in [7, 11) is -3.28. The molecule has 1 aliphatic heterocycles. The fourth-order valence-corrected chi connectivity index (χ4v) is 5.11. The fourth-order valence-electron chi connectivity index (χ4n) is 4.48. The Balaban J connectivity index is 1.90. The van der Waals surface area contributed by atoms with Gasteiger partial charge in [0, 0.05) is 31.9 Å². The normalized spacial score (nSPS) is 26.0. The number of hydrogen-bond acceptors (Lipinski definition) is 5. The van der Waals surface area contributed by atoms with Gasteiger partial charge in [0.05, 0.1) is 16.4 Å². The van der Waals surface area contributed by atoms with E-state index in [2.05, 4.69) is 0 Å². The number of aliphatic hydroxyl groups is 2. The summed E-state index contributed by atoms with van der Waals surface area (Å²) < 4.78 is 23.5. The number of piperidine rings is 1. The van der Waals surface area contributed by atoms with Crippen molar-refractivity contribution in [1.29, 1.82) is 0 Å². The minimum atomic E-state index is -3.28.